The first-order valence-corrected chi connectivity index (χ1v) is 16.8. The molecule has 4 atom stereocenters. The van der Waals surface area contributed by atoms with Crippen LogP contribution < -0.4 is 5.73 Å². The molecule has 1 saturated heterocycles. The summed E-state index contributed by atoms with van der Waals surface area (Å²) in [5.41, 5.74) is 3.09. The van der Waals surface area contributed by atoms with E-state index in [1.54, 1.807) is 41.5 Å². The van der Waals surface area contributed by atoms with Gasteiger partial charge in [-0.25, -0.2) is 14.1 Å². The van der Waals surface area contributed by atoms with Gasteiger partial charge < -0.3 is 20.7 Å². The number of rotatable bonds is 12. The molecule has 43 heavy (non-hydrogen) atoms. The highest BCUT2D eigenvalue weighted by Gasteiger charge is 2.58. The van der Waals surface area contributed by atoms with Crippen LogP contribution in [0.2, 0.25) is 0 Å². The summed E-state index contributed by atoms with van der Waals surface area (Å²) in [6, 6.07) is 4.92. The number of hydrogen-bond donors (Lipinski definition) is 3. The Morgan fingerprint density at radius 2 is 1.65 bits per heavy atom. The number of ether oxygens (including phenoxy) is 1. The van der Waals surface area contributed by atoms with Crippen molar-refractivity contribution in [2.45, 2.75) is 65.5 Å². The number of aromatic nitrogens is 3. The third kappa shape index (κ3) is 8.36. The molecule has 4 N–H and O–H groups in total. The van der Waals surface area contributed by atoms with Crippen LogP contribution in [0.4, 0.5) is 5.82 Å². The van der Waals surface area contributed by atoms with Crippen molar-refractivity contribution in [3.8, 4) is 6.07 Å². The zero-order valence-electron chi connectivity index (χ0n) is 24.9. The Kier molecular flexibility index (Phi) is 11.5. The average Bonchev–Trinajstić information content (AvgIpc) is 3.47. The highest BCUT2D eigenvalue weighted by molar-refractivity contribution is 8.14. The molecule has 0 amide bonds. The fraction of sp³-hybridized carbons (Fsp3) is 0.654. The number of hydrogen-bond acceptors (Lipinski definition) is 15. The van der Waals surface area contributed by atoms with E-state index in [-0.39, 0.29) is 46.5 Å². The van der Waals surface area contributed by atoms with E-state index in [4.69, 9.17) is 24.0 Å². The van der Waals surface area contributed by atoms with Crippen LogP contribution >= 0.6 is 31.3 Å². The van der Waals surface area contributed by atoms with Gasteiger partial charge in [-0.2, -0.15) is 10.4 Å². The lowest BCUT2D eigenvalue weighted by atomic mass is 9.92. The summed E-state index contributed by atoms with van der Waals surface area (Å²) in [6.45, 7) is 9.71. The normalized spacial score (nSPS) is 23.0. The summed E-state index contributed by atoms with van der Waals surface area (Å²) >= 11 is 2.01. The summed E-state index contributed by atoms with van der Waals surface area (Å²) in [4.78, 5) is 28.4. The van der Waals surface area contributed by atoms with Crippen LogP contribution in [0.5, 0.6) is 0 Å². The van der Waals surface area contributed by atoms with Gasteiger partial charge in [-0.15, -0.1) is 0 Å². The molecule has 238 valence electrons. The predicted octanol–water partition coefficient (Wildman–Crippen LogP) is 2.92. The quantitative estimate of drug-likeness (QED) is 0.221. The number of phosphoric ester groups is 1. The maximum absolute atomic E-state index is 13.6. The maximum atomic E-state index is 13.6. The predicted molar refractivity (Wildman–Crippen MR) is 161 cm³/mol. The molecular formula is C26H38N5O9PS2. The van der Waals surface area contributed by atoms with E-state index in [1.165, 1.54) is 23.0 Å². The van der Waals surface area contributed by atoms with Gasteiger partial charge in [0.15, 0.2) is 16.0 Å². The Bertz CT molecular complexity index is 1370. The number of phosphoric acid groups is 1. The lowest BCUT2D eigenvalue weighted by molar-refractivity contribution is -0.118. The number of nitrogens with zero attached hydrogens (tertiary/aromatic N) is 4. The number of nitrogens with two attached hydrogens (primary N) is 1. The van der Waals surface area contributed by atoms with Gasteiger partial charge in [0, 0.05) is 22.3 Å². The van der Waals surface area contributed by atoms with E-state index >= 15 is 0 Å². The number of thioether (sulfide) groups is 2. The minimum atomic E-state index is -4.32. The Morgan fingerprint density at radius 1 is 1.09 bits per heavy atom. The summed E-state index contributed by atoms with van der Waals surface area (Å²) in [5.74, 6) is 0.451. The molecule has 0 aliphatic carbocycles. The number of carbonyl (C=O) groups is 2. The molecule has 0 radical (unpaired) electrons. The number of aliphatic hydroxyl groups is 2. The molecule has 0 saturated carbocycles. The molecule has 2 aromatic heterocycles. The van der Waals surface area contributed by atoms with Crippen LogP contribution in [0.15, 0.2) is 18.5 Å². The minimum absolute atomic E-state index is 0.0842. The van der Waals surface area contributed by atoms with Gasteiger partial charge in [0.2, 0.25) is 5.60 Å². The van der Waals surface area contributed by atoms with Gasteiger partial charge in [0.05, 0.1) is 25.5 Å². The molecule has 17 heteroatoms. The van der Waals surface area contributed by atoms with Crippen LogP contribution in [0.3, 0.4) is 0 Å². The maximum Gasteiger partial charge on any atom is 0.474 e. The minimum Gasteiger partial charge on any atom is -0.387 e. The molecule has 3 heterocycles. The lowest BCUT2D eigenvalue weighted by Crippen LogP contribution is -2.41. The molecule has 0 spiro atoms. The van der Waals surface area contributed by atoms with Crippen molar-refractivity contribution in [2.75, 3.05) is 37.1 Å². The van der Waals surface area contributed by atoms with Crippen LogP contribution in [0, 0.1) is 22.2 Å². The van der Waals surface area contributed by atoms with E-state index in [9.17, 15) is 29.6 Å². The highest BCUT2D eigenvalue weighted by atomic mass is 32.2. The van der Waals surface area contributed by atoms with Gasteiger partial charge in [-0.05, 0) is 12.1 Å². The van der Waals surface area contributed by atoms with Crippen molar-refractivity contribution in [1.82, 2.24) is 14.6 Å². The van der Waals surface area contributed by atoms with E-state index in [0.29, 0.717) is 5.52 Å². The van der Waals surface area contributed by atoms with Crippen molar-refractivity contribution in [3.63, 3.8) is 0 Å². The van der Waals surface area contributed by atoms with Gasteiger partial charge in [-0.1, -0.05) is 65.1 Å². The zero-order chi connectivity index (χ0) is 32.2. The van der Waals surface area contributed by atoms with Crippen LogP contribution in [0.1, 0.15) is 47.2 Å². The molecule has 0 unspecified atom stereocenters. The summed E-state index contributed by atoms with van der Waals surface area (Å²) < 4.78 is 37.1. The first-order valence-electron chi connectivity index (χ1n) is 13.4. The second-order valence-corrected chi connectivity index (χ2v) is 15.6. The van der Waals surface area contributed by atoms with E-state index in [1.807, 2.05) is 6.07 Å². The zero-order valence-corrected chi connectivity index (χ0v) is 27.4. The van der Waals surface area contributed by atoms with Crippen molar-refractivity contribution in [1.29, 1.82) is 5.26 Å². The fourth-order valence-electron chi connectivity index (χ4n) is 3.83. The van der Waals surface area contributed by atoms with Crippen LogP contribution in [-0.2, 0) is 38.1 Å². The van der Waals surface area contributed by atoms with Crippen molar-refractivity contribution >= 4 is 52.9 Å². The topological polar surface area (TPSA) is 209 Å². The Balaban J connectivity index is 1.72. The lowest BCUT2D eigenvalue weighted by Gasteiger charge is -2.24. The Labute approximate surface area is 258 Å². The molecule has 1 aliphatic rings. The average molecular weight is 660 g/mol. The molecule has 0 aromatic carbocycles. The van der Waals surface area contributed by atoms with Gasteiger partial charge in [0.25, 0.3) is 0 Å². The first kappa shape index (κ1) is 35.4. The van der Waals surface area contributed by atoms with Crippen LogP contribution in [-0.4, -0.2) is 84.7 Å². The molecule has 3 rings (SSSR count). The molecule has 1 fully saturated rings. The molecular weight excluding hydrogens is 621 g/mol. The Hall–Kier alpha value is -2.06. The van der Waals surface area contributed by atoms with E-state index < -0.39 is 49.2 Å². The summed E-state index contributed by atoms with van der Waals surface area (Å²) in [5, 5.41) is 35.8. The Morgan fingerprint density at radius 3 is 2.16 bits per heavy atom. The van der Waals surface area contributed by atoms with E-state index in [2.05, 4.69) is 10.1 Å². The van der Waals surface area contributed by atoms with Crippen molar-refractivity contribution in [2.24, 2.45) is 10.8 Å². The smallest absolute Gasteiger partial charge is 0.387 e. The fourth-order valence-corrected chi connectivity index (χ4v) is 6.83. The number of anilines is 1. The number of carbonyl (C=O) groups excluding carboxylic acids is 2. The standard InChI is InChI=1S/C26H38N5O9PS2/c1-24(2,3)22(34)42-11-9-37-41(36,38-10-12-43-23(35)25(4,5)6)39-13-17-19(32)20(33)26(14-27,40-17)18-8-7-16-21(28)29-15-30-31(16)18/h7-8,15,17,19-20,32-33H,9-13H2,1-6H3,(H2,28,29,30)/t17-,19-,20-,26+/m1/s1. The van der Waals surface area contributed by atoms with Crippen LogP contribution in [0.25, 0.3) is 5.52 Å². The molecule has 0 bridgehead atoms. The second-order valence-electron chi connectivity index (χ2n) is 11.8. The third-order valence-corrected chi connectivity index (χ3v) is 10.2. The molecule has 2 aromatic rings. The van der Waals surface area contributed by atoms with Crippen molar-refractivity contribution in [3.05, 3.63) is 24.2 Å². The largest absolute Gasteiger partial charge is 0.474 e. The second kappa shape index (κ2) is 13.9. The molecule has 1 aliphatic heterocycles. The van der Waals surface area contributed by atoms with Gasteiger partial charge in [-0.3, -0.25) is 23.2 Å². The summed E-state index contributed by atoms with van der Waals surface area (Å²) in [6.07, 6.45) is -3.56. The number of aliphatic hydroxyl groups excluding tert-OH is 2. The van der Waals surface area contributed by atoms with E-state index in [0.717, 1.165) is 23.5 Å². The first-order chi connectivity index (χ1) is 19.9. The number of nitriles is 1. The number of nitrogen functional groups attached to an aromatic ring is 1. The summed E-state index contributed by atoms with van der Waals surface area (Å²) in [7, 11) is -4.32. The number of fused-ring (bicyclic) bond motifs is 1. The van der Waals surface area contributed by atoms with Gasteiger partial charge >= 0.3 is 7.82 Å². The van der Waals surface area contributed by atoms with Gasteiger partial charge in [0.1, 0.15) is 36.2 Å². The molecule has 14 nitrogen and oxygen atoms in total. The monoisotopic (exact) mass is 659 g/mol. The van der Waals surface area contributed by atoms with Crippen molar-refractivity contribution < 1.29 is 42.7 Å². The SMILES string of the molecule is CC(C)(C)C(=O)SCCOP(=O)(OCCSC(=O)C(C)(C)C)OC[C@H]1O[C@@](C#N)(c2ccc3c(N)ncnn23)[C@H](O)[C@@H]1O. The highest BCUT2D eigenvalue weighted by Crippen LogP contribution is 2.51. The third-order valence-electron chi connectivity index (χ3n) is 6.24.